The third-order valence-corrected chi connectivity index (χ3v) is 4.24. The van der Waals surface area contributed by atoms with E-state index in [1.54, 1.807) is 38.1 Å². The van der Waals surface area contributed by atoms with Gasteiger partial charge in [-0.05, 0) is 19.4 Å². The highest BCUT2D eigenvalue weighted by atomic mass is 31.2. The minimum absolute atomic E-state index is 0.182. The van der Waals surface area contributed by atoms with E-state index in [0.717, 1.165) is 6.26 Å². The fourth-order valence-corrected chi connectivity index (χ4v) is 3.07. The molecular weight excluding hydrogens is 239 g/mol. The molecule has 17 heavy (non-hydrogen) atoms. The lowest BCUT2D eigenvalue weighted by atomic mass is 10.2. The first-order chi connectivity index (χ1) is 8.18. The molecule has 0 unspecified atom stereocenters. The second-order valence-corrected chi connectivity index (χ2v) is 5.21. The summed E-state index contributed by atoms with van der Waals surface area (Å²) in [4.78, 5) is 0. The maximum absolute atomic E-state index is 12.5. The second kappa shape index (κ2) is 6.60. The van der Waals surface area contributed by atoms with E-state index in [9.17, 15) is 9.67 Å². The molecule has 0 saturated heterocycles. The Balaban J connectivity index is 3.12. The fraction of sp³-hybridized carbons (Fsp3) is 0.333. The predicted molar refractivity (Wildman–Crippen MR) is 67.9 cm³/mol. The molecule has 0 radical (unpaired) electrons. The molecular formula is C12H17O4P. The molecule has 0 atom stereocenters. The summed E-state index contributed by atoms with van der Waals surface area (Å²) < 4.78 is 22.8. The number of aliphatic hydroxyl groups excluding tert-OH is 1. The van der Waals surface area contributed by atoms with E-state index >= 15 is 0 Å². The van der Waals surface area contributed by atoms with E-state index in [2.05, 4.69) is 0 Å². The van der Waals surface area contributed by atoms with Gasteiger partial charge in [0, 0.05) is 0 Å². The van der Waals surface area contributed by atoms with Crippen molar-refractivity contribution in [2.24, 2.45) is 0 Å². The topological polar surface area (TPSA) is 55.8 Å². The summed E-state index contributed by atoms with van der Waals surface area (Å²) >= 11 is 0. The number of hydrogen-bond donors (Lipinski definition) is 1. The zero-order valence-electron chi connectivity index (χ0n) is 10.00. The highest BCUT2D eigenvalue weighted by Crippen LogP contribution is 2.60. The summed E-state index contributed by atoms with van der Waals surface area (Å²) in [5.74, 6) is 0. The maximum atomic E-state index is 12.5. The van der Waals surface area contributed by atoms with Crippen molar-refractivity contribution in [2.75, 3.05) is 13.2 Å². The molecule has 0 heterocycles. The smallest absolute Gasteiger partial charge is 0.365 e. The van der Waals surface area contributed by atoms with Gasteiger partial charge in [0.25, 0.3) is 0 Å². The predicted octanol–water partition coefficient (Wildman–Crippen LogP) is 3.81. The Kier molecular flexibility index (Phi) is 5.42. The van der Waals surface area contributed by atoms with Gasteiger partial charge in [-0.25, -0.2) is 0 Å². The van der Waals surface area contributed by atoms with Crippen LogP contribution in [0.3, 0.4) is 0 Å². The zero-order valence-corrected chi connectivity index (χ0v) is 10.9. The molecule has 0 aliphatic carbocycles. The summed E-state index contributed by atoms with van der Waals surface area (Å²) in [6.07, 6.45) is 0.793. The van der Waals surface area contributed by atoms with Crippen LogP contribution in [-0.4, -0.2) is 18.3 Å². The van der Waals surface area contributed by atoms with E-state index in [-0.39, 0.29) is 18.5 Å². The summed E-state index contributed by atoms with van der Waals surface area (Å²) in [7, 11) is -3.44. The van der Waals surface area contributed by atoms with Gasteiger partial charge < -0.3 is 14.2 Å². The largest absolute Gasteiger partial charge is 0.515 e. The van der Waals surface area contributed by atoms with Crippen LogP contribution < -0.4 is 0 Å². The first-order valence-electron chi connectivity index (χ1n) is 5.47. The Morgan fingerprint density at radius 3 is 2.18 bits per heavy atom. The van der Waals surface area contributed by atoms with Crippen molar-refractivity contribution >= 4 is 12.9 Å². The van der Waals surface area contributed by atoms with Gasteiger partial charge in [0.05, 0.1) is 19.5 Å². The van der Waals surface area contributed by atoms with Gasteiger partial charge in [-0.3, -0.25) is 4.57 Å². The third-order valence-electron chi connectivity index (χ3n) is 2.09. The molecule has 0 aliphatic heterocycles. The molecule has 0 aliphatic rings. The number of rotatable bonds is 6. The van der Waals surface area contributed by atoms with Gasteiger partial charge in [-0.15, -0.1) is 0 Å². The van der Waals surface area contributed by atoms with Crippen LogP contribution in [0.4, 0.5) is 0 Å². The average Bonchev–Trinajstić information content (AvgIpc) is 2.31. The molecule has 0 bridgehead atoms. The minimum Gasteiger partial charge on any atom is -0.515 e. The summed E-state index contributed by atoms with van der Waals surface area (Å²) in [5.41, 5.74) is 0.625. The number of aliphatic hydroxyl groups is 1. The quantitative estimate of drug-likeness (QED) is 0.621. The first-order valence-corrected chi connectivity index (χ1v) is 7.01. The van der Waals surface area contributed by atoms with Gasteiger partial charge in [-0.2, -0.15) is 0 Å². The first kappa shape index (κ1) is 14.0. The molecule has 0 fully saturated rings. The lowest BCUT2D eigenvalue weighted by Crippen LogP contribution is -1.98. The van der Waals surface area contributed by atoms with Crippen LogP contribution in [0.2, 0.25) is 0 Å². The van der Waals surface area contributed by atoms with Crippen LogP contribution >= 0.6 is 7.60 Å². The van der Waals surface area contributed by atoms with Gasteiger partial charge in [0.15, 0.2) is 0 Å². The number of hydrogen-bond acceptors (Lipinski definition) is 4. The van der Waals surface area contributed by atoms with Crippen LogP contribution in [0, 0.1) is 0 Å². The molecule has 1 N–H and O–H groups in total. The van der Waals surface area contributed by atoms with E-state index in [4.69, 9.17) is 9.05 Å². The van der Waals surface area contributed by atoms with Gasteiger partial charge >= 0.3 is 7.60 Å². The van der Waals surface area contributed by atoms with Gasteiger partial charge in [0.1, 0.15) is 5.31 Å². The van der Waals surface area contributed by atoms with Gasteiger partial charge in [-0.1, -0.05) is 30.3 Å². The lowest BCUT2D eigenvalue weighted by molar-refractivity contribution is 0.230. The monoisotopic (exact) mass is 256 g/mol. The summed E-state index contributed by atoms with van der Waals surface area (Å²) in [5, 5.41) is 9.46. The number of benzene rings is 1. The van der Waals surface area contributed by atoms with Crippen molar-refractivity contribution in [3.05, 3.63) is 42.2 Å². The lowest BCUT2D eigenvalue weighted by Gasteiger charge is -2.19. The van der Waals surface area contributed by atoms with Gasteiger partial charge in [0.2, 0.25) is 0 Å². The molecule has 0 saturated carbocycles. The van der Waals surface area contributed by atoms with Crippen LogP contribution in [0.5, 0.6) is 0 Å². The minimum atomic E-state index is -3.44. The van der Waals surface area contributed by atoms with Crippen molar-refractivity contribution in [3.8, 4) is 0 Å². The van der Waals surface area contributed by atoms with Crippen LogP contribution in [0.1, 0.15) is 19.4 Å². The van der Waals surface area contributed by atoms with Crippen LogP contribution in [0.15, 0.2) is 36.6 Å². The summed E-state index contributed by atoms with van der Waals surface area (Å²) in [6.45, 7) is 3.96. The molecule has 1 aromatic carbocycles. The van der Waals surface area contributed by atoms with Crippen molar-refractivity contribution < 1.29 is 18.7 Å². The van der Waals surface area contributed by atoms with E-state index in [1.165, 1.54) is 0 Å². The van der Waals surface area contributed by atoms with Crippen molar-refractivity contribution in [3.63, 3.8) is 0 Å². The molecule has 94 valence electrons. The molecule has 0 spiro atoms. The molecule has 1 aromatic rings. The fourth-order valence-electron chi connectivity index (χ4n) is 1.43. The Morgan fingerprint density at radius 2 is 1.76 bits per heavy atom. The van der Waals surface area contributed by atoms with E-state index < -0.39 is 7.60 Å². The van der Waals surface area contributed by atoms with Crippen molar-refractivity contribution in [1.29, 1.82) is 0 Å². The SMILES string of the molecule is CCOP(=O)(OCC)/C(=C\O)c1ccccc1. The molecule has 1 rings (SSSR count). The Bertz CT molecular complexity index is 404. The highest BCUT2D eigenvalue weighted by molar-refractivity contribution is 7.65. The molecule has 4 nitrogen and oxygen atoms in total. The average molecular weight is 256 g/mol. The summed E-state index contributed by atoms with van der Waals surface area (Å²) in [6, 6.07) is 8.91. The Labute approximate surface area is 101 Å². The molecule has 5 heteroatoms. The normalized spacial score (nSPS) is 12.7. The standard InChI is InChI=1S/C12H17O4P/c1-3-15-17(14,16-4-2)12(10-13)11-8-6-5-7-9-11/h5-10,13H,3-4H2,1-2H3/b12-10-. The Hall–Kier alpha value is -1.09. The molecule has 0 amide bonds. The second-order valence-electron chi connectivity index (χ2n) is 3.21. The molecule has 0 aromatic heterocycles. The van der Waals surface area contributed by atoms with E-state index in [0.29, 0.717) is 5.56 Å². The van der Waals surface area contributed by atoms with Crippen LogP contribution in [-0.2, 0) is 13.6 Å². The van der Waals surface area contributed by atoms with Crippen LogP contribution in [0.25, 0.3) is 5.31 Å². The Morgan fingerprint density at radius 1 is 1.24 bits per heavy atom. The van der Waals surface area contributed by atoms with Crippen molar-refractivity contribution in [1.82, 2.24) is 0 Å². The highest BCUT2D eigenvalue weighted by Gasteiger charge is 2.31. The van der Waals surface area contributed by atoms with Crippen molar-refractivity contribution in [2.45, 2.75) is 13.8 Å². The third kappa shape index (κ3) is 3.43. The zero-order chi connectivity index (χ0) is 12.7. The van der Waals surface area contributed by atoms with E-state index in [1.807, 2.05) is 6.07 Å². The maximum Gasteiger partial charge on any atom is 0.365 e.